The molecule has 1 aromatic heterocycles. The highest BCUT2D eigenvalue weighted by molar-refractivity contribution is 7.99. The van der Waals surface area contributed by atoms with Crippen LogP contribution in [0.2, 0.25) is 5.02 Å². The molecule has 10 rings (SSSR count). The predicted molar refractivity (Wildman–Crippen MR) is 429 cm³/mol. The number of morpholine rings is 1. The van der Waals surface area contributed by atoms with E-state index in [1.54, 1.807) is 49.8 Å². The van der Waals surface area contributed by atoms with Crippen LogP contribution in [0.25, 0.3) is 16.0 Å². The van der Waals surface area contributed by atoms with E-state index in [-0.39, 0.29) is 88.7 Å². The molecule has 113 heavy (non-hydrogen) atoms. The molecule has 3 saturated heterocycles. The van der Waals surface area contributed by atoms with Crippen molar-refractivity contribution >= 4 is 101 Å². The van der Waals surface area contributed by atoms with Gasteiger partial charge in [0.05, 0.1) is 91.7 Å². The molecule has 6 N–H and O–H groups in total. The van der Waals surface area contributed by atoms with E-state index in [0.29, 0.717) is 102 Å². The molecule has 4 heterocycles. The highest BCUT2D eigenvalue weighted by atomic mass is 35.5. The first kappa shape index (κ1) is 87.8. The summed E-state index contributed by atoms with van der Waals surface area (Å²) in [7, 11) is -11.0. The molecule has 33 heteroatoms. The number of aryl methyl sites for hydroxylation is 1. The fourth-order valence-corrected chi connectivity index (χ4v) is 18.0. The van der Waals surface area contributed by atoms with Crippen molar-refractivity contribution < 1.29 is 82.8 Å². The summed E-state index contributed by atoms with van der Waals surface area (Å²) < 4.78 is 127. The standard InChI is InChI=1S/C80H102ClF3N10O15S4/c1-54(56-12-14-58(15-13-56)73-55(2)86-53-111-73)87-76(99)69-44-64(95)48-94(69)77(100)74(78(3,4)5)89-72(97)50-109-43-41-107-39-38-106-40-42-108-49-71(96)85-52-79(6)28-26-67(57-16-20-61(81)21-17-57)60(46-79)47-92-30-32-93(33-31-92)63-22-18-59(19-23-63)75(98)90-113(103,104)66-24-25-68(70(45-66)112(101,102)80(82,83)84)88-62(27-29-91-34-36-105-37-35-91)51-110-65-10-8-7-9-11-65/h7-25,45,53-54,62,64,69,74,88,95H,26-44,46-52H2,1-6H3,(H,85,96)(H,87,99)(H,89,97)(H,90,98)/t54-,62+,64+,69-,74+,79?/m0/s1. The first-order chi connectivity index (χ1) is 53.8. The number of aliphatic hydroxyl groups is 1. The number of hydrogen-bond acceptors (Lipinski definition) is 22. The quantitative estimate of drug-likeness (QED) is 0.0156. The number of likely N-dealkylation sites (tertiary alicyclic amines) is 1. The molecule has 0 radical (unpaired) electrons. The topological polar surface area (TPSA) is 306 Å². The van der Waals surface area contributed by atoms with Gasteiger partial charge < -0.3 is 59.9 Å². The van der Waals surface area contributed by atoms with Crippen molar-refractivity contribution in [1.29, 1.82) is 0 Å². The molecule has 1 unspecified atom stereocenters. The summed E-state index contributed by atoms with van der Waals surface area (Å²) in [5.74, 6) is -2.42. The van der Waals surface area contributed by atoms with Gasteiger partial charge in [-0.15, -0.1) is 23.1 Å². The van der Waals surface area contributed by atoms with E-state index < -0.39 is 94.1 Å². The second-order valence-corrected chi connectivity index (χ2v) is 36.1. The summed E-state index contributed by atoms with van der Waals surface area (Å²) in [6.07, 6.45) is 1.85. The second-order valence-electron chi connectivity index (χ2n) is 30.1. The highest BCUT2D eigenvalue weighted by Gasteiger charge is 2.49. The number of aromatic nitrogens is 1. The summed E-state index contributed by atoms with van der Waals surface area (Å²) in [6.45, 7) is 18.5. The maximum absolute atomic E-state index is 14.4. The Bertz CT molecular complexity index is 4460. The molecule has 3 fully saturated rings. The molecule has 5 amide bonds. The lowest BCUT2D eigenvalue weighted by Gasteiger charge is -2.41. The molecule has 1 aliphatic carbocycles. The van der Waals surface area contributed by atoms with Gasteiger partial charge in [0.25, 0.3) is 25.8 Å². The Hall–Kier alpha value is -7.57. The van der Waals surface area contributed by atoms with Gasteiger partial charge in [0, 0.05) is 105 Å². The number of hydrogen-bond donors (Lipinski definition) is 6. The van der Waals surface area contributed by atoms with Crippen LogP contribution in [-0.4, -0.2) is 238 Å². The Labute approximate surface area is 672 Å². The minimum Gasteiger partial charge on any atom is -0.391 e. The predicted octanol–water partition coefficient (Wildman–Crippen LogP) is 9.80. The minimum absolute atomic E-state index is 0.0538. The van der Waals surface area contributed by atoms with E-state index in [4.69, 9.17) is 35.3 Å². The average molecular weight is 1660 g/mol. The Morgan fingerprint density at radius 3 is 2.04 bits per heavy atom. The third-order valence-corrected chi connectivity index (χ3v) is 25.7. The van der Waals surface area contributed by atoms with Gasteiger partial charge in [0.2, 0.25) is 23.6 Å². The van der Waals surface area contributed by atoms with E-state index in [2.05, 4.69) is 47.9 Å². The minimum atomic E-state index is -6.12. The van der Waals surface area contributed by atoms with Gasteiger partial charge >= 0.3 is 5.51 Å². The van der Waals surface area contributed by atoms with Crippen molar-refractivity contribution in [2.45, 2.75) is 124 Å². The van der Waals surface area contributed by atoms with E-state index >= 15 is 0 Å². The summed E-state index contributed by atoms with van der Waals surface area (Å²) in [5, 5.41) is 23.2. The number of thioether (sulfide) groups is 1. The molecule has 3 aliphatic heterocycles. The first-order valence-electron chi connectivity index (χ1n) is 37.8. The molecule has 0 bridgehead atoms. The molecule has 6 atom stereocenters. The van der Waals surface area contributed by atoms with E-state index in [1.165, 1.54) is 39.9 Å². The van der Waals surface area contributed by atoms with Crippen LogP contribution < -0.4 is 30.9 Å². The number of anilines is 2. The van der Waals surface area contributed by atoms with Gasteiger partial charge in [-0.3, -0.25) is 33.8 Å². The smallest absolute Gasteiger partial charge is 0.391 e. The van der Waals surface area contributed by atoms with Crippen molar-refractivity contribution in [3.63, 3.8) is 0 Å². The van der Waals surface area contributed by atoms with Crippen molar-refractivity contribution in [2.75, 3.05) is 147 Å². The number of aliphatic hydroxyl groups excluding tert-OH is 1. The molecule has 0 saturated carbocycles. The third kappa shape index (κ3) is 25.0. The van der Waals surface area contributed by atoms with Crippen molar-refractivity contribution in [1.82, 2.24) is 40.4 Å². The highest BCUT2D eigenvalue weighted by Crippen LogP contribution is 2.44. The monoisotopic (exact) mass is 1660 g/mol. The summed E-state index contributed by atoms with van der Waals surface area (Å²) in [4.78, 5) is 80.0. The van der Waals surface area contributed by atoms with Gasteiger partial charge in [-0.1, -0.05) is 99.5 Å². The molecule has 614 valence electrons. The Balaban J connectivity index is 0.623. The number of benzene rings is 5. The van der Waals surface area contributed by atoms with Crippen molar-refractivity contribution in [3.8, 4) is 10.4 Å². The Kier molecular flexibility index (Phi) is 31.3. The fraction of sp³-hybridized carbons (Fsp3) is 0.500. The van der Waals surface area contributed by atoms with Crippen LogP contribution in [0.15, 0.2) is 147 Å². The third-order valence-electron chi connectivity index (χ3n) is 20.4. The molecule has 6 aromatic rings. The zero-order chi connectivity index (χ0) is 81.1. The maximum atomic E-state index is 14.4. The number of carbonyl (C=O) groups is 5. The molecule has 25 nitrogen and oxygen atoms in total. The Morgan fingerprint density at radius 2 is 1.42 bits per heavy atom. The van der Waals surface area contributed by atoms with Gasteiger partial charge in [0.15, 0.2) is 0 Å². The second kappa shape index (κ2) is 40.3. The van der Waals surface area contributed by atoms with Gasteiger partial charge in [-0.25, -0.2) is 26.5 Å². The number of β-amino-alcohol motifs (C(OH)–C–C–N with tert-alkyl or cyclic N) is 1. The lowest BCUT2D eigenvalue weighted by Crippen LogP contribution is -2.58. The number of rotatable bonds is 37. The van der Waals surface area contributed by atoms with E-state index in [1.807, 2.05) is 97.4 Å². The normalized spacial score (nSPS) is 19.0. The van der Waals surface area contributed by atoms with Crippen LogP contribution in [0.3, 0.4) is 0 Å². The summed E-state index contributed by atoms with van der Waals surface area (Å²) in [5.41, 5.74) is 1.64. The largest absolute Gasteiger partial charge is 0.501 e. The Morgan fingerprint density at radius 1 is 0.779 bits per heavy atom. The van der Waals surface area contributed by atoms with Crippen molar-refractivity contribution in [3.05, 3.63) is 160 Å². The van der Waals surface area contributed by atoms with Gasteiger partial charge in [0.1, 0.15) is 30.2 Å². The average Bonchev–Trinajstić information content (AvgIpc) is 1.63. The molecule has 5 aromatic carbocycles. The molecular formula is C80H102ClF3N10O15S4. The van der Waals surface area contributed by atoms with Crippen LogP contribution in [-0.2, 0) is 62.7 Å². The number of carbonyl (C=O) groups excluding carboxylic acids is 5. The number of allylic oxidation sites excluding steroid dienone is 1. The van der Waals surface area contributed by atoms with Crippen molar-refractivity contribution in [2.24, 2.45) is 10.8 Å². The van der Waals surface area contributed by atoms with E-state index in [0.717, 1.165) is 62.8 Å². The van der Waals surface area contributed by atoms with E-state index in [9.17, 15) is 59.1 Å². The van der Waals surface area contributed by atoms with Crippen LogP contribution >= 0.6 is 34.7 Å². The number of amides is 5. The summed E-state index contributed by atoms with van der Waals surface area (Å²) in [6, 6.07) is 30.7. The number of nitrogens with one attached hydrogen (secondary N) is 5. The SMILES string of the molecule is Cc1ncsc1-c1ccc([C@H](C)NC(=O)[C@@H]2C[C@@H](O)CN2C(=O)[C@@H](NC(=O)COCCOCCOCCOCC(=O)NCC2(C)CCC(c3ccc(Cl)cc3)=C(CN3CCN(c4ccc(C(=O)NS(=O)(=O)c5ccc(N[C@H](CCN6CCOCC6)CSc6ccccc6)c(S(=O)(=O)C(F)(F)F)c5)cc4)CC3)C2)C(C)(C)C)cc1. The molecule has 0 spiro atoms. The van der Waals surface area contributed by atoms with Crippen LogP contribution in [0.4, 0.5) is 24.5 Å². The number of piperazine rings is 1. The first-order valence-corrected chi connectivity index (χ1v) is 43.0. The number of ether oxygens (including phenoxy) is 5. The molecular weight excluding hydrogens is 1560 g/mol. The number of thiazole rings is 1. The van der Waals surface area contributed by atoms with Gasteiger partial charge in [-0.05, 0) is 139 Å². The molecule has 4 aliphatic rings. The fourth-order valence-electron chi connectivity index (χ4n) is 14.0. The lowest BCUT2D eigenvalue weighted by atomic mass is 9.71. The maximum Gasteiger partial charge on any atom is 0.501 e. The zero-order valence-corrected chi connectivity index (χ0v) is 68.5. The number of nitrogens with zero attached hydrogens (tertiary/aromatic N) is 5. The zero-order valence-electron chi connectivity index (χ0n) is 64.4. The number of halogens is 4. The van der Waals surface area contributed by atoms with Gasteiger partial charge in [-0.2, -0.15) is 13.2 Å². The number of sulfonamides is 1. The summed E-state index contributed by atoms with van der Waals surface area (Å²) >= 11 is 9.32. The van der Waals surface area contributed by atoms with Crippen LogP contribution in [0.5, 0.6) is 0 Å². The van der Waals surface area contributed by atoms with Crippen LogP contribution in [0.1, 0.15) is 99.9 Å². The number of alkyl halides is 3. The van der Waals surface area contributed by atoms with Crippen LogP contribution in [0, 0.1) is 17.8 Å². The lowest BCUT2D eigenvalue weighted by molar-refractivity contribution is -0.144. The number of sulfone groups is 1.